The van der Waals surface area contributed by atoms with Crippen LogP contribution < -0.4 is 5.32 Å². The van der Waals surface area contributed by atoms with E-state index in [4.69, 9.17) is 9.84 Å². The second-order valence-corrected chi connectivity index (χ2v) is 6.55. The first-order valence-corrected chi connectivity index (χ1v) is 8.80. The Morgan fingerprint density at radius 3 is 2.56 bits per heavy atom. The van der Waals surface area contributed by atoms with E-state index in [-0.39, 0.29) is 5.91 Å². The van der Waals surface area contributed by atoms with Crippen LogP contribution in [0.2, 0.25) is 0 Å². The molecule has 0 bridgehead atoms. The van der Waals surface area contributed by atoms with Crippen LogP contribution in [0.4, 0.5) is 0 Å². The summed E-state index contributed by atoms with van der Waals surface area (Å²) in [5, 5.41) is 11.7. The van der Waals surface area contributed by atoms with Crippen molar-refractivity contribution in [2.45, 2.75) is 31.6 Å². The highest BCUT2D eigenvalue weighted by atomic mass is 16.5. The molecule has 3 N–H and O–H groups in total. The zero-order valence-corrected chi connectivity index (χ0v) is 14.5. The molecule has 2 aromatic carbocycles. The SMILES string of the molecule is O=C(O)[C@@H]1CC[C@H](C(=O)NCc2ccc(-c3nc4ccccc4[nH]3)cc2)O1. The normalized spacial score (nSPS) is 19.3. The van der Waals surface area contributed by atoms with Crippen molar-refractivity contribution in [1.82, 2.24) is 15.3 Å². The molecule has 0 spiro atoms. The molecule has 27 heavy (non-hydrogen) atoms. The first kappa shape index (κ1) is 17.2. The molecule has 4 rings (SSSR count). The minimum atomic E-state index is -1.02. The van der Waals surface area contributed by atoms with E-state index in [2.05, 4.69) is 15.3 Å². The second-order valence-electron chi connectivity index (χ2n) is 6.55. The molecule has 1 amide bonds. The van der Waals surface area contributed by atoms with Gasteiger partial charge in [0.25, 0.3) is 0 Å². The Labute approximate surface area is 155 Å². The van der Waals surface area contributed by atoms with E-state index in [1.165, 1.54) is 0 Å². The molecular weight excluding hydrogens is 346 g/mol. The fraction of sp³-hybridized carbons (Fsp3) is 0.250. The Morgan fingerprint density at radius 2 is 1.85 bits per heavy atom. The molecule has 1 aromatic heterocycles. The largest absolute Gasteiger partial charge is 0.479 e. The average Bonchev–Trinajstić information content (AvgIpc) is 3.33. The van der Waals surface area contributed by atoms with Crippen LogP contribution in [0, 0.1) is 0 Å². The molecule has 0 radical (unpaired) electrons. The first-order valence-electron chi connectivity index (χ1n) is 8.80. The number of carbonyl (C=O) groups is 2. The third kappa shape index (κ3) is 3.68. The van der Waals surface area contributed by atoms with Gasteiger partial charge in [0.2, 0.25) is 5.91 Å². The molecular formula is C20H19N3O4. The summed E-state index contributed by atoms with van der Waals surface area (Å²) in [6.45, 7) is 0.358. The number of ether oxygens (including phenoxy) is 1. The summed E-state index contributed by atoms with van der Waals surface area (Å²) < 4.78 is 5.25. The number of hydrogen-bond donors (Lipinski definition) is 3. The lowest BCUT2D eigenvalue weighted by molar-refractivity contribution is -0.151. The number of fused-ring (bicyclic) bond motifs is 1. The van der Waals surface area contributed by atoms with Gasteiger partial charge < -0.3 is 20.1 Å². The van der Waals surface area contributed by atoms with E-state index in [1.54, 1.807) is 0 Å². The summed E-state index contributed by atoms with van der Waals surface area (Å²) in [5.74, 6) is -0.502. The number of carbonyl (C=O) groups excluding carboxylic acids is 1. The quantitative estimate of drug-likeness (QED) is 0.644. The smallest absolute Gasteiger partial charge is 0.332 e. The van der Waals surface area contributed by atoms with Crippen LogP contribution in [-0.4, -0.2) is 39.2 Å². The number of nitrogens with zero attached hydrogens (tertiary/aromatic N) is 1. The lowest BCUT2D eigenvalue weighted by Crippen LogP contribution is -2.35. The number of para-hydroxylation sites is 2. The van der Waals surface area contributed by atoms with Gasteiger partial charge in [-0.3, -0.25) is 4.79 Å². The summed E-state index contributed by atoms with van der Waals surface area (Å²) in [6.07, 6.45) is -0.794. The van der Waals surface area contributed by atoms with E-state index in [1.807, 2.05) is 48.5 Å². The fourth-order valence-electron chi connectivity index (χ4n) is 3.18. The number of carboxylic acids is 1. The van der Waals surface area contributed by atoms with Gasteiger partial charge in [0.15, 0.2) is 6.10 Å². The number of carboxylic acid groups (broad SMARTS) is 1. The van der Waals surface area contributed by atoms with E-state index < -0.39 is 18.2 Å². The molecule has 3 aromatic rings. The monoisotopic (exact) mass is 365 g/mol. The highest BCUT2D eigenvalue weighted by Crippen LogP contribution is 2.22. The summed E-state index contributed by atoms with van der Waals surface area (Å²) in [6, 6.07) is 15.6. The molecule has 0 unspecified atom stereocenters. The number of imidazole rings is 1. The Bertz CT molecular complexity index is 947. The van der Waals surface area contributed by atoms with Gasteiger partial charge in [0.05, 0.1) is 11.0 Å². The zero-order valence-electron chi connectivity index (χ0n) is 14.5. The average molecular weight is 365 g/mol. The molecule has 0 saturated carbocycles. The van der Waals surface area contributed by atoms with E-state index in [0.29, 0.717) is 19.4 Å². The summed E-state index contributed by atoms with van der Waals surface area (Å²) in [5.41, 5.74) is 3.81. The molecule has 2 atom stereocenters. The molecule has 1 aliphatic heterocycles. The van der Waals surface area contributed by atoms with E-state index in [0.717, 1.165) is 28.0 Å². The predicted molar refractivity (Wildman–Crippen MR) is 98.9 cm³/mol. The van der Waals surface area contributed by atoms with Crippen molar-refractivity contribution >= 4 is 22.9 Å². The molecule has 1 aliphatic rings. The van der Waals surface area contributed by atoms with Gasteiger partial charge in [-0.05, 0) is 30.5 Å². The topological polar surface area (TPSA) is 104 Å². The van der Waals surface area contributed by atoms with Crippen LogP contribution in [0.5, 0.6) is 0 Å². The van der Waals surface area contributed by atoms with Gasteiger partial charge in [-0.2, -0.15) is 0 Å². The zero-order chi connectivity index (χ0) is 18.8. The van der Waals surface area contributed by atoms with Gasteiger partial charge in [0.1, 0.15) is 11.9 Å². The van der Waals surface area contributed by atoms with Crippen LogP contribution in [0.25, 0.3) is 22.4 Å². The number of amides is 1. The van der Waals surface area contributed by atoms with Gasteiger partial charge in [-0.15, -0.1) is 0 Å². The molecule has 7 nitrogen and oxygen atoms in total. The maximum Gasteiger partial charge on any atom is 0.332 e. The predicted octanol–water partition coefficient (Wildman–Crippen LogP) is 2.48. The number of aromatic nitrogens is 2. The molecule has 1 fully saturated rings. The van der Waals surface area contributed by atoms with Crippen molar-refractivity contribution in [3.8, 4) is 11.4 Å². The Morgan fingerprint density at radius 1 is 1.11 bits per heavy atom. The van der Waals surface area contributed by atoms with E-state index in [9.17, 15) is 9.59 Å². The summed E-state index contributed by atoms with van der Waals surface area (Å²) >= 11 is 0. The number of nitrogens with one attached hydrogen (secondary N) is 2. The summed E-state index contributed by atoms with van der Waals surface area (Å²) in [4.78, 5) is 30.9. The lowest BCUT2D eigenvalue weighted by Gasteiger charge is -2.12. The van der Waals surface area contributed by atoms with Crippen molar-refractivity contribution in [3.63, 3.8) is 0 Å². The van der Waals surface area contributed by atoms with Crippen LogP contribution >= 0.6 is 0 Å². The fourth-order valence-corrected chi connectivity index (χ4v) is 3.18. The van der Waals surface area contributed by atoms with Crippen LogP contribution in [-0.2, 0) is 20.9 Å². The number of H-pyrrole nitrogens is 1. The van der Waals surface area contributed by atoms with Crippen LogP contribution in [0.3, 0.4) is 0 Å². The maximum atomic E-state index is 12.1. The third-order valence-electron chi connectivity index (χ3n) is 4.67. The first-order chi connectivity index (χ1) is 13.1. The highest BCUT2D eigenvalue weighted by Gasteiger charge is 2.34. The number of aromatic amines is 1. The third-order valence-corrected chi connectivity index (χ3v) is 4.67. The standard InChI is InChI=1S/C20H19N3O4/c24-19(16-9-10-17(27-16)20(25)26)21-11-12-5-7-13(8-6-12)18-22-14-3-1-2-4-15(14)23-18/h1-8,16-17H,9-11H2,(H,21,24)(H,22,23)(H,25,26)/t16-,17+/m1/s1. The van der Waals surface area contributed by atoms with Crippen molar-refractivity contribution in [2.75, 3.05) is 0 Å². The Hall–Kier alpha value is -3.19. The van der Waals surface area contributed by atoms with Crippen molar-refractivity contribution < 1.29 is 19.4 Å². The number of hydrogen-bond acceptors (Lipinski definition) is 4. The van der Waals surface area contributed by atoms with Gasteiger partial charge in [0, 0.05) is 12.1 Å². The number of aliphatic carboxylic acids is 1. The second kappa shape index (κ2) is 7.20. The van der Waals surface area contributed by atoms with Gasteiger partial charge in [-0.1, -0.05) is 36.4 Å². The molecule has 2 heterocycles. The minimum absolute atomic E-state index is 0.278. The van der Waals surface area contributed by atoms with E-state index >= 15 is 0 Å². The highest BCUT2D eigenvalue weighted by molar-refractivity contribution is 5.82. The number of benzene rings is 2. The van der Waals surface area contributed by atoms with Crippen molar-refractivity contribution in [1.29, 1.82) is 0 Å². The minimum Gasteiger partial charge on any atom is -0.479 e. The van der Waals surface area contributed by atoms with Crippen LogP contribution in [0.15, 0.2) is 48.5 Å². The Balaban J connectivity index is 1.37. The maximum absolute atomic E-state index is 12.1. The molecule has 1 saturated heterocycles. The van der Waals surface area contributed by atoms with Crippen LogP contribution in [0.1, 0.15) is 18.4 Å². The summed E-state index contributed by atoms with van der Waals surface area (Å²) in [7, 11) is 0. The molecule has 0 aliphatic carbocycles. The molecule has 138 valence electrons. The Kier molecular flexibility index (Phi) is 4.60. The van der Waals surface area contributed by atoms with Crippen molar-refractivity contribution in [3.05, 3.63) is 54.1 Å². The van der Waals surface area contributed by atoms with Gasteiger partial charge >= 0.3 is 5.97 Å². The van der Waals surface area contributed by atoms with Crippen molar-refractivity contribution in [2.24, 2.45) is 0 Å². The van der Waals surface area contributed by atoms with Gasteiger partial charge in [-0.25, -0.2) is 9.78 Å². The lowest BCUT2D eigenvalue weighted by atomic mass is 10.1. The number of rotatable bonds is 5. The molecule has 7 heteroatoms.